The van der Waals surface area contributed by atoms with E-state index in [9.17, 15) is 9.79 Å². The lowest BCUT2D eigenvalue weighted by Gasteiger charge is -2.27. The third-order valence-electron chi connectivity index (χ3n) is 8.11. The average Bonchev–Trinajstić information content (AvgIpc) is 2.94. The summed E-state index contributed by atoms with van der Waals surface area (Å²) < 4.78 is 0. The number of benzene rings is 2. The zero-order valence-electron chi connectivity index (χ0n) is 27.2. The minimum absolute atomic E-state index is 0.830. The fraction of sp³-hybridized carbons (Fsp3) is 0.667. The predicted molar refractivity (Wildman–Crippen MR) is 188 cm³/mol. The summed E-state index contributed by atoms with van der Waals surface area (Å²) in [4.78, 5) is 20.1. The minimum atomic E-state index is -3.65. The highest BCUT2D eigenvalue weighted by Gasteiger charge is 2.17. The molecule has 0 saturated heterocycles. The van der Waals surface area contributed by atoms with Crippen molar-refractivity contribution in [3.8, 4) is 0 Å². The fourth-order valence-corrected chi connectivity index (χ4v) is 6.29. The van der Waals surface area contributed by atoms with E-state index in [1.54, 1.807) is 5.01 Å². The number of anilines is 2. The molecule has 0 saturated carbocycles. The van der Waals surface area contributed by atoms with E-state index >= 15 is 0 Å². The van der Waals surface area contributed by atoms with Crippen molar-refractivity contribution in [1.29, 1.82) is 0 Å². The van der Waals surface area contributed by atoms with Crippen LogP contribution in [0.5, 0.6) is 0 Å². The van der Waals surface area contributed by atoms with Gasteiger partial charge in [0.2, 0.25) is 0 Å². The van der Waals surface area contributed by atoms with Crippen LogP contribution in [0, 0.1) is 11.8 Å². The number of nitrogens with one attached hydrogen (secondary N) is 1. The topological polar surface area (TPSA) is 55.7 Å². The van der Waals surface area contributed by atoms with Gasteiger partial charge in [-0.25, -0.2) is 0 Å². The molecular weight excluding hydrogens is 555 g/mol. The molecule has 6 heteroatoms. The highest BCUT2D eigenvalue weighted by atomic mass is 32.5. The lowest BCUT2D eigenvalue weighted by molar-refractivity contribution is 0.462. The molecule has 0 amide bonds. The maximum Gasteiger partial charge on any atom is 0.274 e. The monoisotopic (exact) mass is 616 g/mol. The molecule has 42 heavy (non-hydrogen) atoms. The smallest absolute Gasteiger partial charge is 0.274 e. The molecule has 0 aliphatic carbocycles. The Kier molecular flexibility index (Phi) is 18.9. The van der Waals surface area contributed by atoms with E-state index < -0.39 is 6.64 Å². The summed E-state index contributed by atoms with van der Waals surface area (Å²) >= 11 is 4.94. The van der Waals surface area contributed by atoms with Gasteiger partial charge in [-0.3, -0.25) is 5.01 Å². The Bertz CT molecular complexity index is 919. The van der Waals surface area contributed by atoms with Crippen molar-refractivity contribution >= 4 is 29.8 Å². The number of nitrogens with zero attached hydrogens (tertiary/aromatic N) is 1. The van der Waals surface area contributed by atoms with Crippen LogP contribution < -0.4 is 10.2 Å². The second kappa shape index (κ2) is 21.5. The molecule has 0 unspecified atom stereocenters. The normalized spacial score (nSPS) is 12.0. The second-order valence-electron chi connectivity index (χ2n) is 13.1. The number of aryl methyl sites for hydroxylation is 2. The number of unbranched alkanes of at least 4 members (excludes halogenated alkanes) is 12. The molecule has 0 radical (unpaired) electrons. The summed E-state index contributed by atoms with van der Waals surface area (Å²) in [5, 5.41) is 4.49. The Morgan fingerprint density at radius 2 is 0.857 bits per heavy atom. The van der Waals surface area contributed by atoms with Gasteiger partial charge in [-0.1, -0.05) is 142 Å². The highest BCUT2D eigenvalue weighted by molar-refractivity contribution is 8.08. The maximum absolute atomic E-state index is 10.1. The number of hydrogen-bond donors (Lipinski definition) is 3. The molecule has 2 rings (SSSR count). The molecule has 0 bridgehead atoms. The van der Waals surface area contributed by atoms with E-state index in [1.165, 1.54) is 114 Å². The molecule has 4 nitrogen and oxygen atoms in total. The third kappa shape index (κ3) is 17.8. The van der Waals surface area contributed by atoms with Crippen LogP contribution in [0.15, 0.2) is 48.5 Å². The lowest BCUT2D eigenvalue weighted by atomic mass is 10.0. The first kappa shape index (κ1) is 37.0. The Morgan fingerprint density at radius 3 is 1.17 bits per heavy atom. The van der Waals surface area contributed by atoms with Crippen LogP contribution in [0.2, 0.25) is 0 Å². The van der Waals surface area contributed by atoms with Gasteiger partial charge in [-0.15, -0.1) is 0 Å². The molecule has 3 N–H and O–H groups in total. The predicted octanol–water partition coefficient (Wildman–Crippen LogP) is 11.2. The van der Waals surface area contributed by atoms with Crippen LogP contribution in [0.25, 0.3) is 0 Å². The standard InChI is InChI=1S/C36H61N2O2PS/c1-31(2)19-15-11-7-5-9-13-17-21-33-23-27-35(28-24-33)38(37-41(39,40)42)36-29-25-34(26-30-36)22-18-14-10-6-8-12-16-20-32(3)4/h23-32H,5-22H2,1-4H3,(H3,37,39,40,42). The van der Waals surface area contributed by atoms with Crippen LogP contribution in [-0.2, 0) is 24.6 Å². The Labute approximate surface area is 263 Å². The molecule has 0 spiro atoms. The fourth-order valence-electron chi connectivity index (χ4n) is 5.55. The van der Waals surface area contributed by atoms with Gasteiger partial charge in [0.25, 0.3) is 6.64 Å². The summed E-state index contributed by atoms with van der Waals surface area (Å²) in [6.07, 6.45) is 23.4. The van der Waals surface area contributed by atoms with Gasteiger partial charge >= 0.3 is 0 Å². The van der Waals surface area contributed by atoms with Crippen molar-refractivity contribution in [2.45, 2.75) is 143 Å². The van der Waals surface area contributed by atoms with Crippen molar-refractivity contribution in [3.05, 3.63) is 59.7 Å². The van der Waals surface area contributed by atoms with Gasteiger partial charge in [0.15, 0.2) is 0 Å². The summed E-state index contributed by atoms with van der Waals surface area (Å²) in [6.45, 7) is 5.59. The minimum Gasteiger partial charge on any atom is -0.333 e. The molecule has 0 fully saturated rings. The van der Waals surface area contributed by atoms with Gasteiger partial charge in [0.1, 0.15) is 0 Å². The van der Waals surface area contributed by atoms with E-state index in [-0.39, 0.29) is 0 Å². The van der Waals surface area contributed by atoms with E-state index in [4.69, 9.17) is 11.8 Å². The summed E-state index contributed by atoms with van der Waals surface area (Å²) in [7, 11) is 0. The van der Waals surface area contributed by atoms with Crippen LogP contribution in [0.4, 0.5) is 11.4 Å². The first-order valence-electron chi connectivity index (χ1n) is 17.0. The number of hydrogen-bond acceptors (Lipinski definition) is 2. The molecule has 0 aromatic heterocycles. The molecule has 0 atom stereocenters. The maximum atomic E-state index is 10.1. The van der Waals surface area contributed by atoms with Crippen molar-refractivity contribution in [2.24, 2.45) is 11.8 Å². The first-order valence-corrected chi connectivity index (χ1v) is 19.7. The third-order valence-corrected chi connectivity index (χ3v) is 8.82. The Hall–Kier alpha value is -1.23. The molecule has 0 aliphatic heterocycles. The number of hydrazine groups is 1. The van der Waals surface area contributed by atoms with Crippen molar-refractivity contribution in [2.75, 3.05) is 5.01 Å². The quantitative estimate of drug-likeness (QED) is 0.0622. The van der Waals surface area contributed by atoms with E-state index in [1.807, 2.05) is 24.3 Å². The lowest BCUT2D eigenvalue weighted by Crippen LogP contribution is -2.31. The SMILES string of the molecule is CC(C)CCCCCCCCCc1ccc(N(NP(O)(O)=S)c2ccc(CCCCCCCCCC(C)C)cc2)cc1. The van der Waals surface area contributed by atoms with Gasteiger partial charge in [-0.05, 0) is 84.7 Å². The largest absolute Gasteiger partial charge is 0.333 e. The van der Waals surface area contributed by atoms with Gasteiger partial charge in [0.05, 0.1) is 11.4 Å². The zero-order chi connectivity index (χ0) is 30.6. The van der Waals surface area contributed by atoms with E-state index in [0.717, 1.165) is 36.1 Å². The van der Waals surface area contributed by atoms with E-state index in [0.29, 0.717) is 0 Å². The van der Waals surface area contributed by atoms with Crippen LogP contribution >= 0.6 is 6.64 Å². The van der Waals surface area contributed by atoms with Gasteiger partial charge in [-0.2, -0.15) is 5.20 Å². The van der Waals surface area contributed by atoms with Gasteiger partial charge in [0, 0.05) is 0 Å². The number of rotatable bonds is 24. The molecule has 0 aliphatic rings. The molecular formula is C36H61N2O2PS. The molecule has 238 valence electrons. The summed E-state index contributed by atoms with van der Waals surface area (Å²) in [5.74, 6) is 1.66. The van der Waals surface area contributed by atoms with E-state index in [2.05, 4.69) is 57.2 Å². The van der Waals surface area contributed by atoms with Crippen molar-refractivity contribution in [3.63, 3.8) is 0 Å². The second-order valence-corrected chi connectivity index (χ2v) is 15.9. The summed E-state index contributed by atoms with van der Waals surface area (Å²) in [6, 6.07) is 16.7. The molecule has 2 aromatic rings. The van der Waals surface area contributed by atoms with Crippen LogP contribution in [0.3, 0.4) is 0 Å². The van der Waals surface area contributed by atoms with Crippen molar-refractivity contribution in [1.82, 2.24) is 5.20 Å². The highest BCUT2D eigenvalue weighted by Crippen LogP contribution is 2.35. The summed E-state index contributed by atoms with van der Waals surface area (Å²) in [5.41, 5.74) is 4.32. The van der Waals surface area contributed by atoms with Crippen LogP contribution in [0.1, 0.15) is 142 Å². The van der Waals surface area contributed by atoms with Crippen molar-refractivity contribution < 1.29 is 9.79 Å². The Morgan fingerprint density at radius 1 is 0.548 bits per heavy atom. The van der Waals surface area contributed by atoms with Gasteiger partial charge < -0.3 is 9.79 Å². The molecule has 2 aromatic carbocycles. The first-order chi connectivity index (χ1) is 20.1. The molecule has 0 heterocycles. The van der Waals surface area contributed by atoms with Crippen LogP contribution in [-0.4, -0.2) is 9.79 Å². The average molecular weight is 617 g/mol. The Balaban J connectivity index is 1.77. The zero-order valence-corrected chi connectivity index (χ0v) is 28.9.